The second kappa shape index (κ2) is 8.22. The van der Waals surface area contributed by atoms with Crippen LogP contribution in [0.1, 0.15) is 19.8 Å². The molecule has 6 nitrogen and oxygen atoms in total. The van der Waals surface area contributed by atoms with E-state index in [0.717, 1.165) is 13.0 Å². The fourth-order valence-electron chi connectivity index (χ4n) is 2.71. The number of halogens is 1. The number of ether oxygens (including phenoxy) is 1. The van der Waals surface area contributed by atoms with Crippen molar-refractivity contribution in [3.05, 3.63) is 0 Å². The molecule has 2 N–H and O–H groups in total. The van der Waals surface area contributed by atoms with E-state index in [9.17, 15) is 9.59 Å². The highest BCUT2D eigenvalue weighted by atomic mass is 35.5. The molecule has 0 aliphatic carbocycles. The molecule has 122 valence electrons. The van der Waals surface area contributed by atoms with E-state index in [1.807, 2.05) is 0 Å². The third-order valence-electron chi connectivity index (χ3n) is 3.83. The molecule has 2 unspecified atom stereocenters. The standard InChI is InChI=1S/C13H23N3O3S.ClH/c1-13-4-3-11(17)16(13)10(9-20-13)12(18)15-6-5-14-7-8-19-2;/h10,14H,3-9H2,1-2H3,(H,15,18);1H. The van der Waals surface area contributed by atoms with Crippen LogP contribution >= 0.6 is 24.2 Å². The Morgan fingerprint density at radius 2 is 2.24 bits per heavy atom. The highest BCUT2D eigenvalue weighted by Crippen LogP contribution is 2.47. The van der Waals surface area contributed by atoms with Crippen LogP contribution in [0.4, 0.5) is 0 Å². The van der Waals surface area contributed by atoms with E-state index in [-0.39, 0.29) is 35.1 Å². The molecule has 0 saturated carbocycles. The maximum atomic E-state index is 12.2. The van der Waals surface area contributed by atoms with E-state index >= 15 is 0 Å². The minimum absolute atomic E-state index is 0. The van der Waals surface area contributed by atoms with E-state index in [0.29, 0.717) is 31.9 Å². The van der Waals surface area contributed by atoms with Gasteiger partial charge in [-0.05, 0) is 13.3 Å². The van der Waals surface area contributed by atoms with Crippen molar-refractivity contribution in [2.24, 2.45) is 0 Å². The number of nitrogens with zero attached hydrogens (tertiary/aromatic N) is 1. The molecule has 0 aromatic heterocycles. The molecule has 2 atom stereocenters. The summed E-state index contributed by atoms with van der Waals surface area (Å²) >= 11 is 1.72. The topological polar surface area (TPSA) is 70.7 Å². The van der Waals surface area contributed by atoms with Gasteiger partial charge in [-0.3, -0.25) is 9.59 Å². The van der Waals surface area contributed by atoms with E-state index < -0.39 is 0 Å². The minimum atomic E-state index is -0.307. The van der Waals surface area contributed by atoms with Crippen molar-refractivity contribution in [1.82, 2.24) is 15.5 Å². The molecule has 2 saturated heterocycles. The summed E-state index contributed by atoms with van der Waals surface area (Å²) in [5.74, 6) is 0.770. The summed E-state index contributed by atoms with van der Waals surface area (Å²) in [6.45, 7) is 4.77. The summed E-state index contributed by atoms with van der Waals surface area (Å²) in [5.41, 5.74) is 0. The van der Waals surface area contributed by atoms with Crippen LogP contribution in [0.5, 0.6) is 0 Å². The Balaban J connectivity index is 0.00000220. The summed E-state index contributed by atoms with van der Waals surface area (Å²) < 4.78 is 4.92. The molecule has 21 heavy (non-hydrogen) atoms. The lowest BCUT2D eigenvalue weighted by atomic mass is 10.2. The van der Waals surface area contributed by atoms with Crippen molar-refractivity contribution in [1.29, 1.82) is 0 Å². The van der Waals surface area contributed by atoms with Gasteiger partial charge in [-0.25, -0.2) is 0 Å². The SMILES string of the molecule is COCCNCCNC(=O)C1CSC2(C)CCC(=O)N12.Cl. The zero-order chi connectivity index (χ0) is 14.6. The number of rotatable bonds is 7. The van der Waals surface area contributed by atoms with Crippen LogP contribution in [0, 0.1) is 0 Å². The summed E-state index contributed by atoms with van der Waals surface area (Å²) in [5, 5.41) is 6.07. The molecule has 0 spiro atoms. The molecule has 2 heterocycles. The quantitative estimate of drug-likeness (QED) is 0.650. The molecule has 2 amide bonds. The van der Waals surface area contributed by atoms with Gasteiger partial charge in [0.15, 0.2) is 0 Å². The van der Waals surface area contributed by atoms with Gasteiger partial charge in [-0.15, -0.1) is 24.2 Å². The fraction of sp³-hybridized carbons (Fsp3) is 0.846. The van der Waals surface area contributed by atoms with Crippen molar-refractivity contribution in [2.45, 2.75) is 30.7 Å². The average molecular weight is 338 g/mol. The predicted molar refractivity (Wildman–Crippen MR) is 85.7 cm³/mol. The number of methoxy groups -OCH3 is 1. The Morgan fingerprint density at radius 1 is 1.48 bits per heavy atom. The normalized spacial score (nSPS) is 27.4. The van der Waals surface area contributed by atoms with E-state index in [4.69, 9.17) is 4.74 Å². The third-order valence-corrected chi connectivity index (χ3v) is 5.34. The maximum absolute atomic E-state index is 12.2. The Morgan fingerprint density at radius 3 is 2.95 bits per heavy atom. The van der Waals surface area contributed by atoms with Crippen molar-refractivity contribution in [3.63, 3.8) is 0 Å². The summed E-state index contributed by atoms with van der Waals surface area (Å²) in [6.07, 6.45) is 1.41. The largest absolute Gasteiger partial charge is 0.383 e. The van der Waals surface area contributed by atoms with Gasteiger partial charge >= 0.3 is 0 Å². The van der Waals surface area contributed by atoms with Gasteiger partial charge in [-0.2, -0.15) is 0 Å². The van der Waals surface area contributed by atoms with E-state index in [1.165, 1.54) is 0 Å². The highest BCUT2D eigenvalue weighted by Gasteiger charge is 2.52. The van der Waals surface area contributed by atoms with E-state index in [2.05, 4.69) is 17.6 Å². The van der Waals surface area contributed by atoms with Crippen molar-refractivity contribution >= 4 is 36.0 Å². The van der Waals surface area contributed by atoms with Gasteiger partial charge in [0.25, 0.3) is 0 Å². The molecule has 0 aromatic rings. The van der Waals surface area contributed by atoms with Crippen LogP contribution < -0.4 is 10.6 Å². The molecule has 2 rings (SSSR count). The second-order valence-electron chi connectivity index (χ2n) is 5.30. The molecule has 2 fully saturated rings. The molecule has 2 aliphatic heterocycles. The number of fused-ring (bicyclic) bond motifs is 1. The molecular formula is C13H24ClN3O3S. The minimum Gasteiger partial charge on any atom is -0.383 e. The highest BCUT2D eigenvalue weighted by molar-refractivity contribution is 8.01. The number of amides is 2. The lowest BCUT2D eigenvalue weighted by Gasteiger charge is -2.29. The molecular weight excluding hydrogens is 314 g/mol. The number of thioether (sulfide) groups is 1. The molecule has 0 bridgehead atoms. The van der Waals surface area contributed by atoms with Gasteiger partial charge in [0.1, 0.15) is 6.04 Å². The average Bonchev–Trinajstić information content (AvgIpc) is 2.91. The Labute approximate surface area is 136 Å². The first kappa shape index (κ1) is 18.5. The number of carbonyl (C=O) groups is 2. The first-order valence-corrected chi connectivity index (χ1v) is 8.00. The van der Waals surface area contributed by atoms with Gasteiger partial charge in [0.05, 0.1) is 11.5 Å². The fourth-order valence-corrected chi connectivity index (χ4v) is 4.14. The van der Waals surface area contributed by atoms with Gasteiger partial charge in [-0.1, -0.05) is 0 Å². The molecule has 0 aromatic carbocycles. The zero-order valence-electron chi connectivity index (χ0n) is 12.5. The Bertz CT molecular complexity index is 386. The van der Waals surface area contributed by atoms with Crippen LogP contribution in [0.3, 0.4) is 0 Å². The van der Waals surface area contributed by atoms with Gasteiger partial charge < -0.3 is 20.3 Å². The van der Waals surface area contributed by atoms with Gasteiger partial charge in [0, 0.05) is 38.9 Å². The van der Waals surface area contributed by atoms with Crippen LogP contribution in [0.25, 0.3) is 0 Å². The zero-order valence-corrected chi connectivity index (χ0v) is 14.1. The number of hydrogen-bond donors (Lipinski definition) is 2. The number of nitrogens with one attached hydrogen (secondary N) is 2. The lowest BCUT2D eigenvalue weighted by molar-refractivity contribution is -0.137. The first-order valence-electron chi connectivity index (χ1n) is 7.02. The molecule has 8 heteroatoms. The molecule has 0 radical (unpaired) electrons. The van der Waals surface area contributed by atoms with Crippen LogP contribution in [-0.4, -0.2) is 66.7 Å². The summed E-state index contributed by atoms with van der Waals surface area (Å²) in [7, 11) is 1.66. The second-order valence-corrected chi connectivity index (χ2v) is 6.80. The van der Waals surface area contributed by atoms with Crippen LogP contribution in [-0.2, 0) is 14.3 Å². The maximum Gasteiger partial charge on any atom is 0.243 e. The van der Waals surface area contributed by atoms with Crippen LogP contribution in [0.15, 0.2) is 0 Å². The Hall–Kier alpha value is -0.500. The smallest absolute Gasteiger partial charge is 0.243 e. The van der Waals surface area contributed by atoms with Crippen molar-refractivity contribution in [2.75, 3.05) is 39.1 Å². The third kappa shape index (κ3) is 4.25. The van der Waals surface area contributed by atoms with Gasteiger partial charge in [0.2, 0.25) is 11.8 Å². The van der Waals surface area contributed by atoms with E-state index in [1.54, 1.807) is 23.8 Å². The number of hydrogen-bond acceptors (Lipinski definition) is 5. The monoisotopic (exact) mass is 337 g/mol. The number of carbonyl (C=O) groups excluding carboxylic acids is 2. The predicted octanol–water partition coefficient (Wildman–Crippen LogP) is 0.214. The first-order chi connectivity index (χ1) is 9.58. The lowest BCUT2D eigenvalue weighted by Crippen LogP contribution is -2.50. The summed E-state index contributed by atoms with van der Waals surface area (Å²) in [6, 6.07) is -0.307. The van der Waals surface area contributed by atoms with Crippen molar-refractivity contribution < 1.29 is 14.3 Å². The Kier molecular flexibility index (Phi) is 7.26. The summed E-state index contributed by atoms with van der Waals surface area (Å²) in [4.78, 5) is 25.7. The van der Waals surface area contributed by atoms with Crippen molar-refractivity contribution in [3.8, 4) is 0 Å². The molecule has 2 aliphatic rings. The van der Waals surface area contributed by atoms with Crippen LogP contribution in [0.2, 0.25) is 0 Å².